The molecule has 30 heavy (non-hydrogen) atoms. The van der Waals surface area contributed by atoms with Gasteiger partial charge in [-0.1, -0.05) is 23.7 Å². The van der Waals surface area contributed by atoms with E-state index in [0.29, 0.717) is 39.0 Å². The number of ether oxygens (including phenoxy) is 3. The fraction of sp³-hybridized carbons (Fsp3) is 0.0455. The molecule has 3 aromatic rings. The van der Waals surface area contributed by atoms with E-state index in [2.05, 4.69) is 10.5 Å². The van der Waals surface area contributed by atoms with Crippen molar-refractivity contribution in [2.24, 2.45) is 5.10 Å². The number of fused-ring (bicyclic) bond motifs is 1. The Morgan fingerprint density at radius 3 is 2.53 bits per heavy atom. The third kappa shape index (κ3) is 4.42. The molecule has 1 heterocycles. The highest BCUT2D eigenvalue weighted by Gasteiger charge is 2.16. The van der Waals surface area contributed by atoms with E-state index in [0.717, 1.165) is 0 Å². The topological polar surface area (TPSA) is 86.2 Å². The number of nitrogens with zero attached hydrogens (tertiary/aromatic N) is 1. The summed E-state index contributed by atoms with van der Waals surface area (Å²) in [6, 6.07) is 18.1. The van der Waals surface area contributed by atoms with E-state index < -0.39 is 11.9 Å². The summed E-state index contributed by atoms with van der Waals surface area (Å²) in [4.78, 5) is 24.6. The third-order valence-electron chi connectivity index (χ3n) is 4.21. The van der Waals surface area contributed by atoms with Gasteiger partial charge in [-0.15, -0.1) is 0 Å². The second kappa shape index (κ2) is 8.67. The lowest BCUT2D eigenvalue weighted by molar-refractivity contribution is 0.0734. The summed E-state index contributed by atoms with van der Waals surface area (Å²) in [5, 5.41) is 4.48. The summed E-state index contributed by atoms with van der Waals surface area (Å²) in [5.41, 5.74) is 3.69. The lowest BCUT2D eigenvalue weighted by atomic mass is 10.2. The molecule has 0 fully saturated rings. The Morgan fingerprint density at radius 2 is 1.70 bits per heavy atom. The fourth-order valence-electron chi connectivity index (χ4n) is 2.69. The van der Waals surface area contributed by atoms with Crippen molar-refractivity contribution in [3.05, 3.63) is 88.4 Å². The number of esters is 1. The molecule has 1 N–H and O–H groups in total. The van der Waals surface area contributed by atoms with E-state index in [9.17, 15) is 9.59 Å². The Hall–Kier alpha value is -3.84. The molecule has 150 valence electrons. The van der Waals surface area contributed by atoms with Gasteiger partial charge in [0.15, 0.2) is 11.5 Å². The monoisotopic (exact) mass is 422 g/mol. The minimum absolute atomic E-state index is 0.129. The summed E-state index contributed by atoms with van der Waals surface area (Å²) >= 11 is 5.84. The van der Waals surface area contributed by atoms with E-state index in [-0.39, 0.29) is 6.79 Å². The van der Waals surface area contributed by atoms with Gasteiger partial charge in [0.2, 0.25) is 6.79 Å². The number of hydrazone groups is 1. The van der Waals surface area contributed by atoms with Crippen molar-refractivity contribution in [1.82, 2.24) is 5.43 Å². The number of carbonyl (C=O) groups is 2. The highest BCUT2D eigenvalue weighted by molar-refractivity contribution is 6.30. The lowest BCUT2D eigenvalue weighted by Gasteiger charge is -2.07. The van der Waals surface area contributed by atoms with Crippen LogP contribution in [-0.2, 0) is 0 Å². The molecule has 0 unspecified atom stereocenters. The first-order valence-corrected chi connectivity index (χ1v) is 9.28. The van der Waals surface area contributed by atoms with Crippen LogP contribution in [0.5, 0.6) is 17.2 Å². The molecule has 3 aromatic carbocycles. The standard InChI is InChI=1S/C22H15ClN2O5/c23-17-8-5-14(6-9-17)22(27)30-18-4-2-1-3-16(18)12-24-25-21(26)15-7-10-19-20(11-15)29-13-28-19/h1-12H,13H2,(H,25,26)/b24-12-. The summed E-state index contributed by atoms with van der Waals surface area (Å²) in [6.07, 6.45) is 1.40. The predicted octanol–water partition coefficient (Wildman–Crippen LogP) is 4.05. The summed E-state index contributed by atoms with van der Waals surface area (Å²) in [6.45, 7) is 0.129. The van der Waals surface area contributed by atoms with E-state index in [1.54, 1.807) is 66.7 Å². The first-order valence-electron chi connectivity index (χ1n) is 8.90. The van der Waals surface area contributed by atoms with Crippen LogP contribution in [-0.4, -0.2) is 24.9 Å². The van der Waals surface area contributed by atoms with Crippen molar-refractivity contribution in [3.8, 4) is 17.2 Å². The average Bonchev–Trinajstić information content (AvgIpc) is 3.23. The summed E-state index contributed by atoms with van der Waals surface area (Å²) in [5.74, 6) is 0.452. The zero-order valence-corrected chi connectivity index (χ0v) is 16.3. The van der Waals surface area contributed by atoms with Crippen LogP contribution in [0.25, 0.3) is 0 Å². The molecule has 1 aliphatic heterocycles. The molecule has 4 rings (SSSR count). The molecule has 0 spiro atoms. The number of amides is 1. The smallest absolute Gasteiger partial charge is 0.343 e. The molecule has 0 radical (unpaired) electrons. The molecule has 0 saturated carbocycles. The minimum Gasteiger partial charge on any atom is -0.454 e. The van der Waals surface area contributed by atoms with Crippen LogP contribution in [0.15, 0.2) is 71.8 Å². The number of rotatable bonds is 5. The Morgan fingerprint density at radius 1 is 0.967 bits per heavy atom. The van der Waals surface area contributed by atoms with Crippen molar-refractivity contribution in [2.45, 2.75) is 0 Å². The van der Waals surface area contributed by atoms with Gasteiger partial charge in [0.25, 0.3) is 5.91 Å². The van der Waals surface area contributed by atoms with Crippen molar-refractivity contribution >= 4 is 29.7 Å². The van der Waals surface area contributed by atoms with Crippen molar-refractivity contribution < 1.29 is 23.8 Å². The van der Waals surface area contributed by atoms with Crippen LogP contribution in [0.2, 0.25) is 5.02 Å². The molecule has 0 atom stereocenters. The number of benzene rings is 3. The Labute approximate surface area is 176 Å². The normalized spacial score (nSPS) is 12.0. The second-order valence-electron chi connectivity index (χ2n) is 6.20. The van der Waals surface area contributed by atoms with E-state index in [1.807, 2.05) is 0 Å². The quantitative estimate of drug-likeness (QED) is 0.290. The highest BCUT2D eigenvalue weighted by atomic mass is 35.5. The van der Waals surface area contributed by atoms with Gasteiger partial charge in [-0.2, -0.15) is 5.10 Å². The van der Waals surface area contributed by atoms with Gasteiger partial charge in [-0.05, 0) is 54.6 Å². The van der Waals surface area contributed by atoms with E-state index in [1.165, 1.54) is 6.21 Å². The van der Waals surface area contributed by atoms with Crippen LogP contribution in [0.1, 0.15) is 26.3 Å². The number of halogens is 1. The summed E-state index contributed by atoms with van der Waals surface area (Å²) < 4.78 is 15.9. The van der Waals surface area contributed by atoms with Gasteiger partial charge in [0, 0.05) is 16.1 Å². The third-order valence-corrected chi connectivity index (χ3v) is 4.46. The summed E-state index contributed by atoms with van der Waals surface area (Å²) in [7, 11) is 0. The number of hydrogen-bond acceptors (Lipinski definition) is 6. The Bertz CT molecular complexity index is 1130. The molecular formula is C22H15ClN2O5. The molecule has 8 heteroatoms. The maximum Gasteiger partial charge on any atom is 0.343 e. The van der Waals surface area contributed by atoms with Crippen LogP contribution in [0.3, 0.4) is 0 Å². The number of para-hydroxylation sites is 1. The van der Waals surface area contributed by atoms with Crippen LogP contribution in [0.4, 0.5) is 0 Å². The van der Waals surface area contributed by atoms with Crippen molar-refractivity contribution in [1.29, 1.82) is 0 Å². The zero-order chi connectivity index (χ0) is 20.9. The molecule has 0 bridgehead atoms. The van der Waals surface area contributed by atoms with Gasteiger partial charge >= 0.3 is 5.97 Å². The molecule has 1 aliphatic rings. The number of hydrogen-bond donors (Lipinski definition) is 1. The van der Waals surface area contributed by atoms with Gasteiger partial charge in [-0.25, -0.2) is 10.2 Å². The van der Waals surface area contributed by atoms with Crippen LogP contribution < -0.4 is 19.6 Å². The average molecular weight is 423 g/mol. The van der Waals surface area contributed by atoms with Crippen LogP contribution in [0, 0.1) is 0 Å². The molecule has 0 saturated heterocycles. The first-order chi connectivity index (χ1) is 14.6. The maximum atomic E-state index is 12.3. The molecule has 7 nitrogen and oxygen atoms in total. The van der Waals surface area contributed by atoms with E-state index in [4.69, 9.17) is 25.8 Å². The zero-order valence-electron chi connectivity index (χ0n) is 15.5. The van der Waals surface area contributed by atoms with Gasteiger partial charge in [-0.3, -0.25) is 4.79 Å². The van der Waals surface area contributed by atoms with E-state index >= 15 is 0 Å². The molecule has 0 aromatic heterocycles. The predicted molar refractivity (Wildman–Crippen MR) is 110 cm³/mol. The SMILES string of the molecule is O=C(N/N=C\c1ccccc1OC(=O)c1ccc(Cl)cc1)c1ccc2c(c1)OCO2. The maximum absolute atomic E-state index is 12.3. The number of carbonyl (C=O) groups excluding carboxylic acids is 2. The van der Waals surface area contributed by atoms with Crippen molar-refractivity contribution in [2.75, 3.05) is 6.79 Å². The largest absolute Gasteiger partial charge is 0.454 e. The molecular weight excluding hydrogens is 408 g/mol. The van der Waals surface area contributed by atoms with Crippen LogP contribution >= 0.6 is 11.6 Å². The minimum atomic E-state index is -0.531. The highest BCUT2D eigenvalue weighted by Crippen LogP contribution is 2.32. The first kappa shape index (κ1) is 19.5. The lowest BCUT2D eigenvalue weighted by Crippen LogP contribution is -2.17. The number of nitrogens with one attached hydrogen (secondary N) is 1. The Balaban J connectivity index is 1.43. The molecule has 1 amide bonds. The van der Waals surface area contributed by atoms with Crippen molar-refractivity contribution in [3.63, 3.8) is 0 Å². The second-order valence-corrected chi connectivity index (χ2v) is 6.64. The Kier molecular flexibility index (Phi) is 5.63. The molecule has 0 aliphatic carbocycles. The fourth-order valence-corrected chi connectivity index (χ4v) is 2.81. The van der Waals surface area contributed by atoms with Gasteiger partial charge in [0.05, 0.1) is 11.8 Å². The van der Waals surface area contributed by atoms with Gasteiger partial charge < -0.3 is 14.2 Å². The van der Waals surface area contributed by atoms with Gasteiger partial charge in [0.1, 0.15) is 5.75 Å².